The Hall–Kier alpha value is -1.82. The minimum absolute atomic E-state index is 0.0994. The average Bonchev–Trinajstić information content (AvgIpc) is 2.22. The number of hydrogen-bond acceptors (Lipinski definition) is 4. The number of phenols is 1. The molecule has 16 heavy (non-hydrogen) atoms. The zero-order chi connectivity index (χ0) is 12.3. The molecule has 0 aliphatic heterocycles. The van der Waals surface area contributed by atoms with Crippen LogP contribution in [0.25, 0.3) is 0 Å². The first kappa shape index (κ1) is 12.3. The fourth-order valence-corrected chi connectivity index (χ4v) is 1.27. The van der Waals surface area contributed by atoms with Crippen molar-refractivity contribution < 1.29 is 24.1 Å². The number of carboxylic acid groups (broad SMARTS) is 1. The van der Waals surface area contributed by atoms with Crippen LogP contribution in [0, 0.1) is 5.82 Å². The van der Waals surface area contributed by atoms with Gasteiger partial charge in [-0.25, -0.2) is 4.39 Å². The third-order valence-corrected chi connectivity index (χ3v) is 2.13. The fraction of sp³-hybridized carbons (Fsp3) is 0.300. The normalized spacial score (nSPS) is 12.2. The summed E-state index contributed by atoms with van der Waals surface area (Å²) in [4.78, 5) is 10.5. The second kappa shape index (κ2) is 4.80. The Bertz CT molecular complexity index is 408. The summed E-state index contributed by atoms with van der Waals surface area (Å²) in [7, 11) is 1.21. The zero-order valence-corrected chi connectivity index (χ0v) is 8.61. The summed E-state index contributed by atoms with van der Waals surface area (Å²) >= 11 is 0. The van der Waals surface area contributed by atoms with Crippen LogP contribution in [0.2, 0.25) is 0 Å². The Labute approximate surface area is 91.3 Å². The molecule has 0 bridgehead atoms. The molecule has 0 saturated heterocycles. The minimum atomic E-state index is -1.19. The van der Waals surface area contributed by atoms with E-state index in [1.807, 2.05) is 0 Å². The quantitative estimate of drug-likeness (QED) is 0.698. The predicted molar refractivity (Wildman–Crippen MR) is 53.9 cm³/mol. The van der Waals surface area contributed by atoms with Crippen molar-refractivity contribution in [3.8, 4) is 11.5 Å². The first-order valence-corrected chi connectivity index (χ1v) is 4.50. The number of methoxy groups -OCH3 is 1. The lowest BCUT2D eigenvalue weighted by Crippen LogP contribution is -2.32. The monoisotopic (exact) mass is 229 g/mol. The van der Waals surface area contributed by atoms with Gasteiger partial charge in [0.15, 0.2) is 17.3 Å². The topological polar surface area (TPSA) is 92.8 Å². The second-order valence-corrected chi connectivity index (χ2v) is 3.24. The number of benzene rings is 1. The number of halogens is 1. The van der Waals surface area contributed by atoms with Crippen LogP contribution in [0.5, 0.6) is 11.5 Å². The van der Waals surface area contributed by atoms with Crippen molar-refractivity contribution in [3.05, 3.63) is 23.5 Å². The van der Waals surface area contributed by atoms with E-state index < -0.39 is 23.6 Å². The number of nitrogens with two attached hydrogens (primary N) is 1. The predicted octanol–water partition coefficient (Wildman–Crippen LogP) is 0.494. The Balaban J connectivity index is 3.02. The molecular weight excluding hydrogens is 217 g/mol. The van der Waals surface area contributed by atoms with Crippen LogP contribution in [0.4, 0.5) is 4.39 Å². The van der Waals surface area contributed by atoms with Gasteiger partial charge in [0.05, 0.1) is 7.11 Å². The van der Waals surface area contributed by atoms with Crippen molar-refractivity contribution in [3.63, 3.8) is 0 Å². The molecule has 0 fully saturated rings. The van der Waals surface area contributed by atoms with E-state index in [4.69, 9.17) is 10.8 Å². The highest BCUT2D eigenvalue weighted by Gasteiger charge is 2.18. The Morgan fingerprint density at radius 2 is 2.25 bits per heavy atom. The van der Waals surface area contributed by atoms with Gasteiger partial charge in [-0.3, -0.25) is 4.79 Å². The summed E-state index contributed by atoms with van der Waals surface area (Å²) in [6.45, 7) is 0. The van der Waals surface area contributed by atoms with Gasteiger partial charge in [-0.1, -0.05) is 6.07 Å². The standard InChI is InChI=1S/C10H12FNO4/c1-16-9-6(11)3-2-5(8(9)13)4-7(12)10(14)15/h2-3,7,13H,4,12H2,1H3,(H,14,15). The number of aliphatic carboxylic acids is 1. The van der Waals surface area contributed by atoms with E-state index in [1.54, 1.807) is 0 Å². The number of carboxylic acids is 1. The molecule has 1 aromatic rings. The second-order valence-electron chi connectivity index (χ2n) is 3.24. The molecule has 88 valence electrons. The Morgan fingerprint density at radius 1 is 1.62 bits per heavy atom. The number of hydrogen-bond donors (Lipinski definition) is 3. The third-order valence-electron chi connectivity index (χ3n) is 2.13. The average molecular weight is 229 g/mol. The van der Waals surface area contributed by atoms with E-state index in [0.29, 0.717) is 0 Å². The molecule has 0 spiro atoms. The van der Waals surface area contributed by atoms with Gasteiger partial charge in [0.1, 0.15) is 6.04 Å². The van der Waals surface area contributed by atoms with Crippen LogP contribution in [-0.2, 0) is 11.2 Å². The zero-order valence-electron chi connectivity index (χ0n) is 8.61. The summed E-state index contributed by atoms with van der Waals surface area (Å²) in [5.74, 6) is -2.63. The molecule has 5 nitrogen and oxygen atoms in total. The van der Waals surface area contributed by atoms with Gasteiger partial charge < -0.3 is 20.7 Å². The van der Waals surface area contributed by atoms with Gasteiger partial charge in [0, 0.05) is 12.0 Å². The molecule has 0 amide bonds. The van der Waals surface area contributed by atoms with Crippen LogP contribution < -0.4 is 10.5 Å². The first-order valence-electron chi connectivity index (χ1n) is 4.50. The Kier molecular flexibility index (Phi) is 3.68. The van der Waals surface area contributed by atoms with E-state index >= 15 is 0 Å². The van der Waals surface area contributed by atoms with E-state index in [1.165, 1.54) is 13.2 Å². The van der Waals surface area contributed by atoms with E-state index in [0.717, 1.165) is 6.07 Å². The van der Waals surface area contributed by atoms with Crippen LogP contribution in [0.3, 0.4) is 0 Å². The largest absolute Gasteiger partial charge is 0.504 e. The van der Waals surface area contributed by atoms with Crippen LogP contribution in [0.1, 0.15) is 5.56 Å². The van der Waals surface area contributed by atoms with Crippen LogP contribution in [-0.4, -0.2) is 29.3 Å². The third kappa shape index (κ3) is 2.40. The van der Waals surface area contributed by atoms with Crippen molar-refractivity contribution in [2.75, 3.05) is 7.11 Å². The lowest BCUT2D eigenvalue weighted by atomic mass is 10.0. The van der Waals surface area contributed by atoms with Crippen molar-refractivity contribution in [2.45, 2.75) is 12.5 Å². The maximum atomic E-state index is 13.1. The minimum Gasteiger partial charge on any atom is -0.504 e. The molecule has 0 heterocycles. The Morgan fingerprint density at radius 3 is 2.75 bits per heavy atom. The summed E-state index contributed by atoms with van der Waals surface area (Å²) < 4.78 is 17.7. The van der Waals surface area contributed by atoms with Gasteiger partial charge >= 0.3 is 5.97 Å². The molecule has 1 unspecified atom stereocenters. The maximum Gasteiger partial charge on any atom is 0.320 e. The number of phenolic OH excluding ortho intramolecular Hbond substituents is 1. The van der Waals surface area contributed by atoms with Gasteiger partial charge in [0.25, 0.3) is 0 Å². The highest BCUT2D eigenvalue weighted by Crippen LogP contribution is 2.33. The first-order chi connectivity index (χ1) is 7.47. The van der Waals surface area contributed by atoms with E-state index in [9.17, 15) is 14.3 Å². The van der Waals surface area contributed by atoms with Crippen molar-refractivity contribution in [1.29, 1.82) is 0 Å². The van der Waals surface area contributed by atoms with Crippen molar-refractivity contribution >= 4 is 5.97 Å². The molecule has 1 aromatic carbocycles. The van der Waals surface area contributed by atoms with E-state index in [-0.39, 0.29) is 17.7 Å². The molecule has 0 radical (unpaired) electrons. The summed E-state index contributed by atoms with van der Waals surface area (Å²) in [6.07, 6.45) is -0.0994. The van der Waals surface area contributed by atoms with Gasteiger partial charge in [0.2, 0.25) is 0 Å². The van der Waals surface area contributed by atoms with Gasteiger partial charge in [-0.15, -0.1) is 0 Å². The summed E-state index contributed by atoms with van der Waals surface area (Å²) in [6, 6.07) is 1.21. The number of aromatic hydroxyl groups is 1. The SMILES string of the molecule is COc1c(F)ccc(CC(N)C(=O)O)c1O. The van der Waals surface area contributed by atoms with E-state index in [2.05, 4.69) is 4.74 Å². The number of rotatable bonds is 4. The smallest absolute Gasteiger partial charge is 0.320 e. The maximum absolute atomic E-state index is 13.1. The number of carbonyl (C=O) groups is 1. The summed E-state index contributed by atoms with van der Waals surface area (Å²) in [5.41, 5.74) is 5.53. The lowest BCUT2D eigenvalue weighted by Gasteiger charge is -2.11. The molecule has 6 heteroatoms. The van der Waals surface area contributed by atoms with Gasteiger partial charge in [-0.05, 0) is 6.07 Å². The van der Waals surface area contributed by atoms with Crippen LogP contribution >= 0.6 is 0 Å². The lowest BCUT2D eigenvalue weighted by molar-refractivity contribution is -0.138. The summed E-state index contributed by atoms with van der Waals surface area (Å²) in [5, 5.41) is 18.2. The molecule has 0 aromatic heterocycles. The number of ether oxygens (including phenoxy) is 1. The molecule has 1 rings (SSSR count). The van der Waals surface area contributed by atoms with Crippen molar-refractivity contribution in [1.82, 2.24) is 0 Å². The van der Waals surface area contributed by atoms with Gasteiger partial charge in [-0.2, -0.15) is 0 Å². The molecule has 0 aliphatic carbocycles. The molecule has 0 aliphatic rings. The molecule has 1 atom stereocenters. The highest BCUT2D eigenvalue weighted by molar-refractivity contribution is 5.73. The molecule has 0 saturated carbocycles. The highest BCUT2D eigenvalue weighted by atomic mass is 19.1. The fourth-order valence-electron chi connectivity index (χ4n) is 1.27. The van der Waals surface area contributed by atoms with Crippen molar-refractivity contribution in [2.24, 2.45) is 5.73 Å². The molecule has 4 N–H and O–H groups in total. The van der Waals surface area contributed by atoms with Crippen LogP contribution in [0.15, 0.2) is 12.1 Å². The molecular formula is C10H12FNO4.